The molecule has 1 atom stereocenters. The third-order valence-electron chi connectivity index (χ3n) is 8.57. The minimum atomic E-state index is -2.45. The van der Waals surface area contributed by atoms with Crippen LogP contribution in [0, 0.1) is 5.92 Å². The van der Waals surface area contributed by atoms with E-state index in [9.17, 15) is 9.59 Å². The van der Waals surface area contributed by atoms with E-state index >= 15 is 0 Å². The van der Waals surface area contributed by atoms with E-state index in [4.69, 9.17) is 0 Å². The Labute approximate surface area is 232 Å². The molecule has 1 aliphatic carbocycles. The molecule has 4 rings (SSSR count). The molecule has 1 aliphatic heterocycles. The lowest BCUT2D eigenvalue weighted by molar-refractivity contribution is 0.256. The number of hydrogen-bond acceptors (Lipinski definition) is 2. The highest BCUT2D eigenvalue weighted by Gasteiger charge is 2.63. The number of rotatable bonds is 8. The average molecular weight is 545 g/mol. The van der Waals surface area contributed by atoms with E-state index in [1.165, 1.54) is 39.0 Å². The first-order valence-corrected chi connectivity index (χ1v) is 20.4. The van der Waals surface area contributed by atoms with Crippen LogP contribution in [0.3, 0.4) is 0 Å². The highest BCUT2D eigenvalue weighted by Crippen LogP contribution is 2.44. The number of hydrogen-bond donors (Lipinski definition) is 2. The number of carbonyl (C=O) groups is 2. The van der Waals surface area contributed by atoms with Crippen LogP contribution in [0.1, 0.15) is 88.1 Å². The number of fused-ring (bicyclic) bond motifs is 1. The Morgan fingerprint density at radius 2 is 1.63 bits per heavy atom. The molecular formula is C31H45BN2O2Si2. The van der Waals surface area contributed by atoms with Gasteiger partial charge in [0, 0.05) is 0 Å². The van der Waals surface area contributed by atoms with Crippen molar-refractivity contribution in [3.05, 3.63) is 64.2 Å². The van der Waals surface area contributed by atoms with Gasteiger partial charge in [0.05, 0.1) is 6.04 Å². The predicted octanol–water partition coefficient (Wildman–Crippen LogP) is 8.25. The molecule has 0 saturated carbocycles. The van der Waals surface area contributed by atoms with Gasteiger partial charge in [-0.1, -0.05) is 110 Å². The van der Waals surface area contributed by atoms with E-state index in [-0.39, 0.29) is 23.1 Å². The normalized spacial score (nSPS) is 18.4. The molecule has 2 N–H and O–H groups in total. The van der Waals surface area contributed by atoms with E-state index in [2.05, 4.69) is 121 Å². The number of nitrogens with one attached hydrogen (secondary N) is 2. The van der Waals surface area contributed by atoms with Gasteiger partial charge in [-0.05, 0) is 63.1 Å². The number of benzene rings is 2. The third-order valence-corrected chi connectivity index (χ3v) is 18.7. The summed E-state index contributed by atoms with van der Waals surface area (Å²) in [6.07, 6.45) is 3.24. The Morgan fingerprint density at radius 3 is 2.13 bits per heavy atom. The summed E-state index contributed by atoms with van der Waals surface area (Å²) in [5.41, 5.74) is 9.14. The molecule has 2 amide bonds. The Balaban J connectivity index is 1.78. The molecule has 0 radical (unpaired) electrons. The van der Waals surface area contributed by atoms with Gasteiger partial charge in [-0.15, -0.1) is 0 Å². The minimum absolute atomic E-state index is 0.0625. The molecule has 2 aromatic rings. The van der Waals surface area contributed by atoms with Crippen molar-refractivity contribution in [3.63, 3.8) is 0 Å². The lowest BCUT2D eigenvalue weighted by Crippen LogP contribution is -2.87. The number of carbonyl (C=O) groups excluding carboxylic acids is 2. The zero-order valence-electron chi connectivity index (χ0n) is 25.0. The molecule has 0 aromatic heterocycles. The summed E-state index contributed by atoms with van der Waals surface area (Å²) in [4.78, 5) is 26.3. The van der Waals surface area contributed by atoms with Crippen LogP contribution in [0.4, 0.5) is 9.59 Å². The first kappa shape index (κ1) is 28.6. The summed E-state index contributed by atoms with van der Waals surface area (Å²) in [5, 5.41) is 6.66. The Kier molecular flexibility index (Phi) is 7.76. The second-order valence-corrected chi connectivity index (χ2v) is 23.1. The molecule has 1 saturated heterocycles. The largest absolute Gasteiger partial charge is 0.408 e. The first-order valence-electron chi connectivity index (χ1n) is 14.2. The summed E-state index contributed by atoms with van der Waals surface area (Å²) >= 11 is 0. The van der Waals surface area contributed by atoms with Crippen LogP contribution in [0.2, 0.25) is 26.2 Å². The molecule has 2 aromatic carbocycles. The smallest absolute Gasteiger partial charge is 0.254 e. The van der Waals surface area contributed by atoms with Crippen LogP contribution in [0.15, 0.2) is 42.0 Å². The van der Waals surface area contributed by atoms with Crippen LogP contribution in [0.25, 0.3) is 17.2 Å². The Bertz CT molecular complexity index is 1270. The fourth-order valence-electron chi connectivity index (χ4n) is 6.14. The van der Waals surface area contributed by atoms with Crippen molar-refractivity contribution < 1.29 is 9.59 Å². The van der Waals surface area contributed by atoms with Gasteiger partial charge in [0.15, 0.2) is 11.1 Å². The van der Waals surface area contributed by atoms with Crippen molar-refractivity contribution >= 4 is 39.1 Å². The van der Waals surface area contributed by atoms with E-state index in [0.29, 0.717) is 17.8 Å². The lowest BCUT2D eigenvalue weighted by atomic mass is 9.87. The van der Waals surface area contributed by atoms with Crippen molar-refractivity contribution in [2.45, 2.75) is 92.0 Å². The van der Waals surface area contributed by atoms with Crippen LogP contribution < -0.4 is 10.5 Å². The van der Waals surface area contributed by atoms with Gasteiger partial charge < -0.3 is 10.5 Å². The van der Waals surface area contributed by atoms with Crippen molar-refractivity contribution in [1.82, 2.24) is 10.5 Å². The lowest BCUT2D eigenvalue weighted by Gasteiger charge is -2.46. The molecule has 38 heavy (non-hydrogen) atoms. The topological polar surface area (TPSA) is 58.2 Å². The predicted molar refractivity (Wildman–Crippen MR) is 168 cm³/mol. The van der Waals surface area contributed by atoms with Gasteiger partial charge in [-0.2, -0.15) is 0 Å². The van der Waals surface area contributed by atoms with Crippen LogP contribution in [-0.2, 0) is 0 Å². The Hall–Kier alpha value is -2.38. The van der Waals surface area contributed by atoms with Crippen LogP contribution >= 0.6 is 0 Å². The van der Waals surface area contributed by atoms with Gasteiger partial charge in [0.25, 0.3) is 6.03 Å². The average Bonchev–Trinajstić information content (AvgIpc) is 3.17. The molecule has 1 heterocycles. The molecular weight excluding hydrogens is 499 g/mol. The Morgan fingerprint density at radius 1 is 1.03 bits per heavy atom. The molecule has 1 fully saturated rings. The molecule has 0 bridgehead atoms. The van der Waals surface area contributed by atoms with Gasteiger partial charge in [-0.25, -0.2) is 0 Å². The maximum Gasteiger partial charge on any atom is 0.254 e. The van der Waals surface area contributed by atoms with Gasteiger partial charge in [0.1, 0.15) is 15.9 Å². The van der Waals surface area contributed by atoms with Crippen LogP contribution in [0.5, 0.6) is 0 Å². The van der Waals surface area contributed by atoms with Crippen molar-refractivity contribution in [3.8, 4) is 11.1 Å². The van der Waals surface area contributed by atoms with Crippen molar-refractivity contribution in [2.75, 3.05) is 0 Å². The van der Waals surface area contributed by atoms with Crippen molar-refractivity contribution in [2.24, 2.45) is 5.92 Å². The zero-order chi connectivity index (χ0) is 28.2. The van der Waals surface area contributed by atoms with E-state index in [1.54, 1.807) is 0 Å². The SMILES string of the molecule is CC(C)CC1=Cc2cccc(-c3cc(C(C)C)cc(C(C)C)c3)c2C1NC(=O)[Si](C)(C)B1NC(=O)[Si]1(C)C. The van der Waals surface area contributed by atoms with E-state index in [0.717, 1.165) is 6.42 Å². The maximum absolute atomic E-state index is 14.0. The van der Waals surface area contributed by atoms with Crippen molar-refractivity contribution in [1.29, 1.82) is 0 Å². The van der Waals surface area contributed by atoms with Crippen LogP contribution in [-0.4, -0.2) is 33.0 Å². The maximum atomic E-state index is 14.0. The first-order chi connectivity index (χ1) is 17.6. The molecule has 4 nitrogen and oxygen atoms in total. The second-order valence-electron chi connectivity index (χ2n) is 13.6. The quantitative estimate of drug-likeness (QED) is 0.329. The van der Waals surface area contributed by atoms with E-state index in [1.807, 2.05) is 0 Å². The summed E-state index contributed by atoms with van der Waals surface area (Å²) in [6.45, 7) is 21.9. The van der Waals surface area contributed by atoms with Gasteiger partial charge in [-0.3, -0.25) is 9.59 Å². The summed E-state index contributed by atoms with van der Waals surface area (Å²) < 4.78 is 0. The van der Waals surface area contributed by atoms with Gasteiger partial charge >= 0.3 is 0 Å². The standard InChI is InChI=1S/C31H45BN2O2Si2/c1-19(2)14-26-15-22-12-11-13-27(25-17-23(20(3)4)16-24(18-25)21(5)6)28(22)29(26)33-30(35)37(7,8)32-34-31(36)38(32,9)10/h11-13,15-21,29H,14H2,1-10H3,(H,33,35)(H,34,36). The molecule has 2 aliphatic rings. The molecule has 0 spiro atoms. The molecule has 7 heteroatoms. The highest BCUT2D eigenvalue weighted by molar-refractivity contribution is 7.75. The monoisotopic (exact) mass is 544 g/mol. The molecule has 202 valence electrons. The highest BCUT2D eigenvalue weighted by atomic mass is 28.4. The third kappa shape index (κ3) is 5.12. The minimum Gasteiger partial charge on any atom is -0.408 e. The summed E-state index contributed by atoms with van der Waals surface area (Å²) in [7, 11) is -4.56. The second kappa shape index (κ2) is 10.3. The van der Waals surface area contributed by atoms with E-state index < -0.39 is 15.9 Å². The fourth-order valence-corrected chi connectivity index (χ4v) is 16.6. The van der Waals surface area contributed by atoms with Gasteiger partial charge in [0.2, 0.25) is 0 Å². The zero-order valence-corrected chi connectivity index (χ0v) is 27.0. The molecule has 1 unspecified atom stereocenters. The summed E-state index contributed by atoms with van der Waals surface area (Å²) in [6, 6.07) is 13.5. The fraction of sp³-hybridized carbons (Fsp3) is 0.484. The summed E-state index contributed by atoms with van der Waals surface area (Å²) in [5.74, 6) is 1.36. The number of amides is 2.